The standard InChI is InChI=1S/C14H19ClN4O2/c1-14(6-5-12(20)19-14)8-17-13(16)18-9-3-4-11(21-2)10(15)7-9/h3-4,7H,5-6,8H2,1-2H3,(H,19,20)(H3,16,17,18). The Bertz CT molecular complexity index is 576. The first-order valence-electron chi connectivity index (χ1n) is 6.63. The molecule has 1 aliphatic heterocycles. The van der Waals surface area contributed by atoms with Crippen molar-refractivity contribution in [2.24, 2.45) is 10.7 Å². The van der Waals surface area contributed by atoms with Gasteiger partial charge in [0.1, 0.15) is 5.75 Å². The molecule has 1 saturated heterocycles. The van der Waals surface area contributed by atoms with Crippen LogP contribution in [0.3, 0.4) is 0 Å². The summed E-state index contributed by atoms with van der Waals surface area (Å²) in [5.74, 6) is 0.929. The van der Waals surface area contributed by atoms with Gasteiger partial charge < -0.3 is 21.1 Å². The lowest BCUT2D eigenvalue weighted by Gasteiger charge is -2.21. The van der Waals surface area contributed by atoms with Gasteiger partial charge in [-0.2, -0.15) is 0 Å². The fraction of sp³-hybridized carbons (Fsp3) is 0.429. The minimum atomic E-state index is -0.319. The van der Waals surface area contributed by atoms with Gasteiger partial charge in [0.25, 0.3) is 0 Å². The Balaban J connectivity index is 1.97. The van der Waals surface area contributed by atoms with Gasteiger partial charge in [-0.05, 0) is 31.5 Å². The van der Waals surface area contributed by atoms with Crippen LogP contribution < -0.4 is 21.1 Å². The number of rotatable bonds is 4. The zero-order valence-electron chi connectivity index (χ0n) is 12.1. The highest BCUT2D eigenvalue weighted by Gasteiger charge is 2.32. The molecule has 0 radical (unpaired) electrons. The van der Waals surface area contributed by atoms with Crippen LogP contribution in [0.15, 0.2) is 23.2 Å². The van der Waals surface area contributed by atoms with E-state index in [-0.39, 0.29) is 17.4 Å². The fourth-order valence-corrected chi connectivity index (χ4v) is 2.42. The second kappa shape index (κ2) is 6.22. The summed E-state index contributed by atoms with van der Waals surface area (Å²) >= 11 is 6.04. The Morgan fingerprint density at radius 3 is 2.95 bits per heavy atom. The molecule has 7 heteroatoms. The number of guanidine groups is 1. The molecule has 6 nitrogen and oxygen atoms in total. The molecule has 1 aromatic rings. The molecule has 1 heterocycles. The van der Waals surface area contributed by atoms with Crippen molar-refractivity contribution in [3.63, 3.8) is 0 Å². The Morgan fingerprint density at radius 1 is 1.62 bits per heavy atom. The molecule has 21 heavy (non-hydrogen) atoms. The van der Waals surface area contributed by atoms with E-state index in [1.165, 1.54) is 0 Å². The number of hydrogen-bond acceptors (Lipinski definition) is 3. The van der Waals surface area contributed by atoms with Crippen LogP contribution in [0.5, 0.6) is 5.75 Å². The molecule has 0 aliphatic carbocycles. The van der Waals surface area contributed by atoms with Gasteiger partial charge in [0.05, 0.1) is 24.2 Å². The molecule has 0 aromatic heterocycles. The monoisotopic (exact) mass is 310 g/mol. The predicted molar refractivity (Wildman–Crippen MR) is 83.9 cm³/mol. The van der Waals surface area contributed by atoms with Gasteiger partial charge in [0, 0.05) is 12.1 Å². The van der Waals surface area contributed by atoms with E-state index in [1.807, 2.05) is 6.92 Å². The van der Waals surface area contributed by atoms with Crippen LogP contribution in [0.1, 0.15) is 19.8 Å². The second-order valence-corrected chi connectivity index (χ2v) is 5.69. The van der Waals surface area contributed by atoms with Crippen LogP contribution in [0.2, 0.25) is 5.02 Å². The molecule has 1 unspecified atom stereocenters. The Hall–Kier alpha value is -1.95. The van der Waals surface area contributed by atoms with Crippen molar-refractivity contribution in [3.8, 4) is 5.75 Å². The zero-order chi connectivity index (χ0) is 15.5. The fourth-order valence-electron chi connectivity index (χ4n) is 2.16. The van der Waals surface area contributed by atoms with Crippen LogP contribution in [0.25, 0.3) is 0 Å². The molecule has 4 N–H and O–H groups in total. The first-order valence-corrected chi connectivity index (χ1v) is 7.01. The van der Waals surface area contributed by atoms with Crippen molar-refractivity contribution >= 4 is 29.2 Å². The average Bonchev–Trinajstić information content (AvgIpc) is 2.77. The van der Waals surface area contributed by atoms with E-state index in [1.54, 1.807) is 25.3 Å². The average molecular weight is 311 g/mol. The molecule has 114 valence electrons. The highest BCUT2D eigenvalue weighted by atomic mass is 35.5. The molecular formula is C14H19ClN4O2. The third-order valence-electron chi connectivity index (χ3n) is 3.37. The summed E-state index contributed by atoms with van der Waals surface area (Å²) in [5.41, 5.74) is 6.26. The van der Waals surface area contributed by atoms with Crippen molar-refractivity contribution in [1.82, 2.24) is 5.32 Å². The Kier molecular flexibility index (Phi) is 4.57. The molecule has 1 atom stereocenters. The summed E-state index contributed by atoms with van der Waals surface area (Å²) < 4.78 is 5.08. The summed E-state index contributed by atoms with van der Waals surface area (Å²) in [6.07, 6.45) is 1.30. The molecule has 1 fully saturated rings. The van der Waals surface area contributed by atoms with Crippen molar-refractivity contribution in [1.29, 1.82) is 0 Å². The number of anilines is 1. The number of carbonyl (C=O) groups excluding carboxylic acids is 1. The van der Waals surface area contributed by atoms with Gasteiger partial charge >= 0.3 is 0 Å². The quantitative estimate of drug-likeness (QED) is 0.584. The van der Waals surface area contributed by atoms with Gasteiger partial charge in [0.15, 0.2) is 5.96 Å². The van der Waals surface area contributed by atoms with Crippen molar-refractivity contribution in [2.45, 2.75) is 25.3 Å². The summed E-state index contributed by atoms with van der Waals surface area (Å²) in [6.45, 7) is 2.39. The van der Waals surface area contributed by atoms with Crippen molar-refractivity contribution in [2.75, 3.05) is 19.0 Å². The number of aliphatic imine (C=N–C) groups is 1. The largest absolute Gasteiger partial charge is 0.495 e. The van der Waals surface area contributed by atoms with Crippen molar-refractivity contribution in [3.05, 3.63) is 23.2 Å². The maximum atomic E-state index is 11.3. The molecular weight excluding hydrogens is 292 g/mol. The molecule has 0 bridgehead atoms. The van der Waals surface area contributed by atoms with Gasteiger partial charge in [-0.25, -0.2) is 0 Å². The van der Waals surface area contributed by atoms with E-state index in [2.05, 4.69) is 15.6 Å². The summed E-state index contributed by atoms with van der Waals surface area (Å²) in [4.78, 5) is 15.5. The summed E-state index contributed by atoms with van der Waals surface area (Å²) in [6, 6.07) is 5.25. The predicted octanol–water partition coefficient (Wildman–Crippen LogP) is 1.74. The number of carbonyl (C=O) groups is 1. The smallest absolute Gasteiger partial charge is 0.220 e. The number of amides is 1. The van der Waals surface area contributed by atoms with E-state index in [0.29, 0.717) is 23.7 Å². The van der Waals surface area contributed by atoms with E-state index in [9.17, 15) is 4.79 Å². The van der Waals surface area contributed by atoms with Crippen LogP contribution >= 0.6 is 11.6 Å². The van der Waals surface area contributed by atoms with Gasteiger partial charge in [-0.3, -0.25) is 9.79 Å². The highest BCUT2D eigenvalue weighted by Crippen LogP contribution is 2.27. The molecule has 0 saturated carbocycles. The number of methoxy groups -OCH3 is 1. The van der Waals surface area contributed by atoms with E-state index in [4.69, 9.17) is 22.1 Å². The summed E-state index contributed by atoms with van der Waals surface area (Å²) in [7, 11) is 1.56. The maximum Gasteiger partial charge on any atom is 0.220 e. The molecule has 1 amide bonds. The maximum absolute atomic E-state index is 11.3. The number of ether oxygens (including phenoxy) is 1. The van der Waals surface area contributed by atoms with Crippen LogP contribution in [-0.2, 0) is 4.79 Å². The van der Waals surface area contributed by atoms with Gasteiger partial charge in [-0.1, -0.05) is 11.6 Å². The number of nitrogens with one attached hydrogen (secondary N) is 2. The summed E-state index contributed by atoms with van der Waals surface area (Å²) in [5, 5.41) is 6.36. The normalized spacial score (nSPS) is 22.0. The van der Waals surface area contributed by atoms with E-state index >= 15 is 0 Å². The molecule has 2 rings (SSSR count). The lowest BCUT2D eigenvalue weighted by Crippen LogP contribution is -2.42. The minimum Gasteiger partial charge on any atom is -0.495 e. The van der Waals surface area contributed by atoms with Crippen LogP contribution in [-0.4, -0.2) is 31.1 Å². The second-order valence-electron chi connectivity index (χ2n) is 5.28. The molecule has 1 aromatic carbocycles. The molecule has 0 spiro atoms. The first kappa shape index (κ1) is 15.4. The third kappa shape index (κ3) is 4.01. The Morgan fingerprint density at radius 2 is 2.38 bits per heavy atom. The lowest BCUT2D eigenvalue weighted by atomic mass is 10.0. The number of nitrogens with zero attached hydrogens (tertiary/aromatic N) is 1. The molecule has 1 aliphatic rings. The highest BCUT2D eigenvalue weighted by molar-refractivity contribution is 6.32. The third-order valence-corrected chi connectivity index (χ3v) is 3.66. The first-order chi connectivity index (χ1) is 9.92. The lowest BCUT2D eigenvalue weighted by molar-refractivity contribution is -0.119. The Labute approximate surface area is 128 Å². The van der Waals surface area contributed by atoms with Crippen LogP contribution in [0, 0.1) is 0 Å². The van der Waals surface area contributed by atoms with Crippen LogP contribution in [0.4, 0.5) is 5.69 Å². The van der Waals surface area contributed by atoms with E-state index < -0.39 is 0 Å². The van der Waals surface area contributed by atoms with Gasteiger partial charge in [0.2, 0.25) is 5.91 Å². The zero-order valence-corrected chi connectivity index (χ0v) is 12.8. The number of halogens is 1. The number of nitrogens with two attached hydrogens (primary N) is 1. The van der Waals surface area contributed by atoms with Crippen molar-refractivity contribution < 1.29 is 9.53 Å². The number of benzene rings is 1. The van der Waals surface area contributed by atoms with E-state index in [0.717, 1.165) is 12.1 Å². The topological polar surface area (TPSA) is 88.7 Å². The minimum absolute atomic E-state index is 0.0566. The number of hydrogen-bond donors (Lipinski definition) is 3. The SMILES string of the molecule is COc1ccc(NC(N)=NCC2(C)CCC(=O)N2)cc1Cl. The van der Waals surface area contributed by atoms with Gasteiger partial charge in [-0.15, -0.1) is 0 Å².